The molecule has 0 spiro atoms. The van der Waals surface area contributed by atoms with Crippen molar-refractivity contribution >= 4 is 43.8 Å². The minimum atomic E-state index is -0.251. The van der Waals surface area contributed by atoms with Crippen molar-refractivity contribution in [1.82, 2.24) is 19.9 Å². The highest BCUT2D eigenvalue weighted by atomic mass is 79.9. The molecule has 2 aromatic heterocycles. The third-order valence-electron chi connectivity index (χ3n) is 4.28. The molecule has 4 aromatic rings. The lowest BCUT2D eigenvalue weighted by Crippen LogP contribution is -2.30. The molecule has 7 heteroatoms. The van der Waals surface area contributed by atoms with Gasteiger partial charge in [-0.15, -0.1) is 0 Å². The van der Waals surface area contributed by atoms with Gasteiger partial charge < -0.3 is 10.3 Å². The number of aromatic nitrogens is 3. The molecule has 2 N–H and O–H groups in total. The predicted octanol–water partition coefficient (Wildman–Crippen LogP) is 3.77. The van der Waals surface area contributed by atoms with Crippen LogP contribution in [0.15, 0.2) is 57.9 Å². The van der Waals surface area contributed by atoms with Gasteiger partial charge in [-0.1, -0.05) is 15.9 Å². The molecule has 0 aliphatic heterocycles. The van der Waals surface area contributed by atoms with Gasteiger partial charge in [0, 0.05) is 21.5 Å². The van der Waals surface area contributed by atoms with E-state index in [9.17, 15) is 9.59 Å². The molecule has 2 aromatic carbocycles. The number of H-pyrrole nitrogens is 1. The predicted molar refractivity (Wildman–Crippen MR) is 109 cm³/mol. The lowest BCUT2D eigenvalue weighted by atomic mass is 10.1. The molecule has 0 aliphatic carbocycles. The first kappa shape index (κ1) is 17.5. The van der Waals surface area contributed by atoms with Gasteiger partial charge in [-0.3, -0.25) is 14.3 Å². The Morgan fingerprint density at radius 3 is 2.63 bits per heavy atom. The fraction of sp³-hybridized carbons (Fsp3) is 0.150. The zero-order valence-electron chi connectivity index (χ0n) is 14.8. The SMILES string of the molecule is CC(C)NC(=O)c1ccc(-n2c(=O)[nH]c3cnc4ccc(Br)cc4c32)cc1. The maximum atomic E-state index is 12.6. The number of hydrogen-bond donors (Lipinski definition) is 2. The molecule has 136 valence electrons. The fourth-order valence-corrected chi connectivity index (χ4v) is 3.47. The number of pyridine rings is 1. The van der Waals surface area contributed by atoms with Crippen molar-refractivity contribution in [3.8, 4) is 5.69 Å². The molecule has 27 heavy (non-hydrogen) atoms. The molecular formula is C20H17BrN4O2. The first-order chi connectivity index (χ1) is 12.9. The van der Waals surface area contributed by atoms with Crippen LogP contribution in [0.4, 0.5) is 0 Å². The first-order valence-corrected chi connectivity index (χ1v) is 9.33. The first-order valence-electron chi connectivity index (χ1n) is 8.54. The van der Waals surface area contributed by atoms with Gasteiger partial charge in [-0.2, -0.15) is 0 Å². The van der Waals surface area contributed by atoms with Crippen molar-refractivity contribution in [3.63, 3.8) is 0 Å². The normalized spacial score (nSPS) is 11.4. The van der Waals surface area contributed by atoms with Crippen LogP contribution >= 0.6 is 15.9 Å². The van der Waals surface area contributed by atoms with E-state index in [2.05, 4.69) is 31.2 Å². The Labute approximate surface area is 163 Å². The van der Waals surface area contributed by atoms with E-state index in [0.29, 0.717) is 16.8 Å². The summed E-state index contributed by atoms with van der Waals surface area (Å²) in [7, 11) is 0. The minimum absolute atomic E-state index is 0.0609. The maximum Gasteiger partial charge on any atom is 0.331 e. The molecule has 0 radical (unpaired) electrons. The van der Waals surface area contributed by atoms with Gasteiger partial charge in [0.25, 0.3) is 5.91 Å². The van der Waals surface area contributed by atoms with E-state index in [-0.39, 0.29) is 17.6 Å². The van der Waals surface area contributed by atoms with Crippen molar-refractivity contribution in [3.05, 3.63) is 69.2 Å². The molecular weight excluding hydrogens is 408 g/mol. The number of fused-ring (bicyclic) bond motifs is 3. The van der Waals surface area contributed by atoms with Crippen LogP contribution in [0.5, 0.6) is 0 Å². The summed E-state index contributed by atoms with van der Waals surface area (Å²) in [4.78, 5) is 32.0. The average molecular weight is 425 g/mol. The van der Waals surface area contributed by atoms with E-state index in [4.69, 9.17) is 0 Å². The quantitative estimate of drug-likeness (QED) is 0.525. The number of nitrogens with zero attached hydrogens (tertiary/aromatic N) is 2. The summed E-state index contributed by atoms with van der Waals surface area (Å²) in [6, 6.07) is 12.8. The number of carbonyl (C=O) groups is 1. The van der Waals surface area contributed by atoms with Crippen LogP contribution in [-0.2, 0) is 0 Å². The molecule has 0 fully saturated rings. The second-order valence-corrected chi connectivity index (χ2v) is 7.54. The van der Waals surface area contributed by atoms with Crippen LogP contribution in [0.25, 0.3) is 27.6 Å². The Balaban J connectivity index is 1.89. The van der Waals surface area contributed by atoms with Crippen LogP contribution in [-0.4, -0.2) is 26.5 Å². The van der Waals surface area contributed by atoms with E-state index >= 15 is 0 Å². The van der Waals surface area contributed by atoms with Gasteiger partial charge in [0.15, 0.2) is 0 Å². The topological polar surface area (TPSA) is 79.8 Å². The number of hydrogen-bond acceptors (Lipinski definition) is 3. The number of aromatic amines is 1. The van der Waals surface area contributed by atoms with Gasteiger partial charge in [0.1, 0.15) is 0 Å². The lowest BCUT2D eigenvalue weighted by molar-refractivity contribution is 0.0943. The van der Waals surface area contributed by atoms with E-state index in [1.807, 2.05) is 32.0 Å². The van der Waals surface area contributed by atoms with Gasteiger partial charge in [0.2, 0.25) is 0 Å². The molecule has 4 rings (SSSR count). The third kappa shape index (κ3) is 3.14. The molecule has 0 bridgehead atoms. The lowest BCUT2D eigenvalue weighted by Gasteiger charge is -2.10. The summed E-state index contributed by atoms with van der Waals surface area (Å²) in [5, 5.41) is 3.72. The highest BCUT2D eigenvalue weighted by Gasteiger charge is 2.14. The van der Waals surface area contributed by atoms with Crippen LogP contribution in [0.1, 0.15) is 24.2 Å². The third-order valence-corrected chi connectivity index (χ3v) is 4.77. The summed E-state index contributed by atoms with van der Waals surface area (Å²) in [6.45, 7) is 3.82. The number of imidazole rings is 1. The Morgan fingerprint density at radius 2 is 1.93 bits per heavy atom. The highest BCUT2D eigenvalue weighted by Crippen LogP contribution is 2.26. The van der Waals surface area contributed by atoms with Gasteiger partial charge in [-0.05, 0) is 56.3 Å². The Morgan fingerprint density at radius 1 is 1.19 bits per heavy atom. The molecule has 1 amide bonds. The Kier molecular flexibility index (Phi) is 4.31. The molecule has 2 heterocycles. The number of amides is 1. The summed E-state index contributed by atoms with van der Waals surface area (Å²) < 4.78 is 2.51. The standard InChI is InChI=1S/C20H17BrN4O2/c1-11(2)23-19(26)12-3-6-14(7-4-12)25-18-15-9-13(21)5-8-16(15)22-10-17(18)24-20(25)27/h3-11H,1-2H3,(H,23,26)(H,24,27). The van der Waals surface area contributed by atoms with Crippen molar-refractivity contribution in [2.45, 2.75) is 19.9 Å². The van der Waals surface area contributed by atoms with Crippen LogP contribution in [0.3, 0.4) is 0 Å². The highest BCUT2D eigenvalue weighted by molar-refractivity contribution is 9.10. The van der Waals surface area contributed by atoms with Gasteiger partial charge in [-0.25, -0.2) is 4.79 Å². The molecule has 0 aliphatic rings. The zero-order valence-corrected chi connectivity index (χ0v) is 16.4. The van der Waals surface area contributed by atoms with E-state index in [0.717, 1.165) is 20.9 Å². The zero-order chi connectivity index (χ0) is 19.1. The van der Waals surface area contributed by atoms with Crippen LogP contribution in [0, 0.1) is 0 Å². The monoisotopic (exact) mass is 424 g/mol. The fourth-order valence-electron chi connectivity index (χ4n) is 3.11. The summed E-state index contributed by atoms with van der Waals surface area (Å²) in [5.41, 5.74) is 3.19. The smallest absolute Gasteiger partial charge is 0.331 e. The van der Waals surface area contributed by atoms with Gasteiger partial charge >= 0.3 is 5.69 Å². The van der Waals surface area contributed by atoms with Crippen LogP contribution < -0.4 is 11.0 Å². The van der Waals surface area contributed by atoms with Crippen LogP contribution in [0.2, 0.25) is 0 Å². The maximum absolute atomic E-state index is 12.6. The second-order valence-electron chi connectivity index (χ2n) is 6.62. The number of carbonyl (C=O) groups excluding carboxylic acids is 1. The van der Waals surface area contributed by atoms with Crippen molar-refractivity contribution in [2.24, 2.45) is 0 Å². The summed E-state index contributed by atoms with van der Waals surface area (Å²) >= 11 is 3.48. The average Bonchev–Trinajstić information content (AvgIpc) is 2.97. The molecule has 0 saturated heterocycles. The number of benzene rings is 2. The molecule has 0 unspecified atom stereocenters. The van der Waals surface area contributed by atoms with Crippen molar-refractivity contribution in [2.75, 3.05) is 0 Å². The molecule has 0 saturated carbocycles. The van der Waals surface area contributed by atoms with E-state index in [1.165, 1.54) is 0 Å². The largest absolute Gasteiger partial charge is 0.350 e. The van der Waals surface area contributed by atoms with Crippen molar-refractivity contribution in [1.29, 1.82) is 0 Å². The van der Waals surface area contributed by atoms with Crippen molar-refractivity contribution < 1.29 is 4.79 Å². The van der Waals surface area contributed by atoms with Gasteiger partial charge in [0.05, 0.1) is 28.4 Å². The molecule has 6 nitrogen and oxygen atoms in total. The number of rotatable bonds is 3. The molecule has 0 atom stereocenters. The number of halogens is 1. The summed E-state index contributed by atoms with van der Waals surface area (Å²) in [5.74, 6) is -0.138. The second kappa shape index (κ2) is 6.66. The van der Waals surface area contributed by atoms with E-state index < -0.39 is 0 Å². The summed E-state index contributed by atoms with van der Waals surface area (Å²) in [6.07, 6.45) is 1.66. The Bertz CT molecular complexity index is 1220. The Hall–Kier alpha value is -2.93. The number of nitrogens with one attached hydrogen (secondary N) is 2. The minimum Gasteiger partial charge on any atom is -0.350 e. The van der Waals surface area contributed by atoms with E-state index in [1.54, 1.807) is 35.0 Å².